The van der Waals surface area contributed by atoms with Gasteiger partial charge < -0.3 is 16.0 Å². The Labute approximate surface area is 110 Å². The van der Waals surface area contributed by atoms with Crippen LogP contribution in [0.15, 0.2) is 29.1 Å². The topological polar surface area (TPSA) is 106 Å². The summed E-state index contributed by atoms with van der Waals surface area (Å²) in [4.78, 5) is 25.3. The highest BCUT2D eigenvalue weighted by atomic mass is 79.9. The van der Waals surface area contributed by atoms with Crippen LogP contribution in [0.2, 0.25) is 0 Å². The maximum atomic E-state index is 11.8. The van der Waals surface area contributed by atoms with E-state index in [1.807, 2.05) is 0 Å². The fraction of sp³-hybridized carbons (Fsp3) is 0.100. The molecule has 8 heteroatoms. The van der Waals surface area contributed by atoms with Crippen LogP contribution in [0.4, 0.5) is 5.69 Å². The number of nitrogens with two attached hydrogens (primary N) is 1. The lowest BCUT2D eigenvalue weighted by molar-refractivity contribution is -0.118. The number of carbonyl (C=O) groups excluding carboxylic acids is 2. The summed E-state index contributed by atoms with van der Waals surface area (Å²) >= 11 is 3.24. The van der Waals surface area contributed by atoms with E-state index in [4.69, 9.17) is 5.73 Å². The molecule has 0 aromatic carbocycles. The highest BCUT2D eigenvalue weighted by Crippen LogP contribution is 2.12. The maximum Gasteiger partial charge on any atom is 0.272 e. The minimum atomic E-state index is -0.496. The Kier molecular flexibility index (Phi) is 3.47. The number of hydrogen-bond acceptors (Lipinski definition) is 3. The SMILES string of the molecule is NC(=O)Cn1cc(NC(=O)c2cc(Br)c[nH]2)cn1. The first kappa shape index (κ1) is 12.4. The fourth-order valence-corrected chi connectivity index (χ4v) is 1.72. The Balaban J connectivity index is 2.03. The van der Waals surface area contributed by atoms with Crippen molar-refractivity contribution in [2.45, 2.75) is 6.54 Å². The molecule has 0 aliphatic carbocycles. The van der Waals surface area contributed by atoms with E-state index in [1.165, 1.54) is 17.1 Å². The third kappa shape index (κ3) is 2.98. The predicted molar refractivity (Wildman–Crippen MR) is 67.9 cm³/mol. The quantitative estimate of drug-likeness (QED) is 0.774. The molecule has 2 amide bonds. The van der Waals surface area contributed by atoms with Crippen molar-refractivity contribution in [2.75, 3.05) is 5.32 Å². The summed E-state index contributed by atoms with van der Waals surface area (Å²) < 4.78 is 2.14. The van der Waals surface area contributed by atoms with Crippen LogP contribution >= 0.6 is 15.9 Å². The van der Waals surface area contributed by atoms with E-state index in [1.54, 1.807) is 12.3 Å². The van der Waals surface area contributed by atoms with Gasteiger partial charge in [0, 0.05) is 16.9 Å². The average molecular weight is 312 g/mol. The van der Waals surface area contributed by atoms with E-state index in [9.17, 15) is 9.59 Å². The van der Waals surface area contributed by atoms with Crippen LogP contribution in [0.1, 0.15) is 10.5 Å². The molecule has 94 valence electrons. The van der Waals surface area contributed by atoms with Gasteiger partial charge in [0.05, 0.1) is 11.9 Å². The number of nitrogens with one attached hydrogen (secondary N) is 2. The van der Waals surface area contributed by atoms with E-state index in [0.717, 1.165) is 4.47 Å². The summed E-state index contributed by atoms with van der Waals surface area (Å²) in [6.45, 7) is -0.0239. The Morgan fingerprint density at radius 2 is 2.33 bits per heavy atom. The minimum Gasteiger partial charge on any atom is -0.368 e. The van der Waals surface area contributed by atoms with Gasteiger partial charge in [0.25, 0.3) is 5.91 Å². The van der Waals surface area contributed by atoms with E-state index >= 15 is 0 Å². The van der Waals surface area contributed by atoms with Gasteiger partial charge in [-0.2, -0.15) is 5.10 Å². The number of rotatable bonds is 4. The fourth-order valence-electron chi connectivity index (χ4n) is 1.37. The van der Waals surface area contributed by atoms with Gasteiger partial charge in [-0.05, 0) is 22.0 Å². The molecule has 7 nitrogen and oxygen atoms in total. The van der Waals surface area contributed by atoms with E-state index in [0.29, 0.717) is 11.4 Å². The van der Waals surface area contributed by atoms with Crippen LogP contribution in [0.25, 0.3) is 0 Å². The van der Waals surface area contributed by atoms with Crippen LogP contribution < -0.4 is 11.1 Å². The zero-order valence-corrected chi connectivity index (χ0v) is 10.8. The molecular weight excluding hydrogens is 302 g/mol. The first-order valence-electron chi connectivity index (χ1n) is 5.00. The van der Waals surface area contributed by atoms with Gasteiger partial charge in [0.2, 0.25) is 5.91 Å². The number of nitrogens with zero attached hydrogens (tertiary/aromatic N) is 2. The molecule has 0 fully saturated rings. The van der Waals surface area contributed by atoms with Crippen molar-refractivity contribution in [3.05, 3.63) is 34.8 Å². The summed E-state index contributed by atoms with van der Waals surface area (Å²) in [5, 5.41) is 6.53. The second-order valence-electron chi connectivity index (χ2n) is 3.58. The number of halogens is 1. The minimum absolute atomic E-state index is 0.0239. The molecule has 18 heavy (non-hydrogen) atoms. The molecule has 0 atom stereocenters. The Hall–Kier alpha value is -2.09. The molecule has 2 aromatic heterocycles. The standard InChI is InChI=1S/C10H10BrN5O2/c11-6-1-8(13-2-6)10(18)15-7-3-14-16(4-7)5-9(12)17/h1-4,13H,5H2,(H2,12,17)(H,15,18). The number of aromatic amines is 1. The normalized spacial score (nSPS) is 10.3. The van der Waals surface area contributed by atoms with Crippen molar-refractivity contribution >= 4 is 33.4 Å². The Morgan fingerprint density at radius 1 is 1.56 bits per heavy atom. The summed E-state index contributed by atoms with van der Waals surface area (Å²) in [6.07, 6.45) is 4.63. The second-order valence-corrected chi connectivity index (χ2v) is 4.49. The van der Waals surface area contributed by atoms with Gasteiger partial charge in [0.15, 0.2) is 0 Å². The van der Waals surface area contributed by atoms with Crippen LogP contribution in [-0.4, -0.2) is 26.6 Å². The highest BCUT2D eigenvalue weighted by Gasteiger charge is 2.09. The van der Waals surface area contributed by atoms with Gasteiger partial charge in [-0.25, -0.2) is 0 Å². The second kappa shape index (κ2) is 5.05. The third-order valence-electron chi connectivity index (χ3n) is 2.10. The Bertz CT molecular complexity index is 589. The predicted octanol–water partition coefficient (Wildman–Crippen LogP) is 0.711. The van der Waals surface area contributed by atoms with E-state index in [-0.39, 0.29) is 12.5 Å². The van der Waals surface area contributed by atoms with E-state index < -0.39 is 5.91 Å². The first-order chi connectivity index (χ1) is 8.54. The number of anilines is 1. The van der Waals surface area contributed by atoms with Crippen LogP contribution in [0.3, 0.4) is 0 Å². The maximum absolute atomic E-state index is 11.8. The zero-order valence-electron chi connectivity index (χ0n) is 9.18. The molecule has 0 radical (unpaired) electrons. The van der Waals surface area contributed by atoms with Gasteiger partial charge in [-0.15, -0.1) is 0 Å². The van der Waals surface area contributed by atoms with Crippen molar-refractivity contribution in [1.29, 1.82) is 0 Å². The largest absolute Gasteiger partial charge is 0.368 e. The molecule has 0 spiro atoms. The molecule has 2 aromatic rings. The van der Waals surface area contributed by atoms with Crippen molar-refractivity contribution in [3.8, 4) is 0 Å². The molecular formula is C10H10BrN5O2. The molecule has 0 bridgehead atoms. The smallest absolute Gasteiger partial charge is 0.272 e. The van der Waals surface area contributed by atoms with Crippen LogP contribution in [0.5, 0.6) is 0 Å². The molecule has 0 aliphatic heterocycles. The molecule has 0 unspecified atom stereocenters. The number of aromatic nitrogens is 3. The van der Waals surface area contributed by atoms with Gasteiger partial charge in [-0.3, -0.25) is 14.3 Å². The summed E-state index contributed by atoms with van der Waals surface area (Å²) in [5.74, 6) is -0.788. The number of hydrogen-bond donors (Lipinski definition) is 3. The van der Waals surface area contributed by atoms with Crippen molar-refractivity contribution in [3.63, 3.8) is 0 Å². The number of H-pyrrole nitrogens is 1. The molecule has 2 heterocycles. The molecule has 0 saturated heterocycles. The lowest BCUT2D eigenvalue weighted by Crippen LogP contribution is -2.18. The third-order valence-corrected chi connectivity index (χ3v) is 2.56. The van der Waals surface area contributed by atoms with Crippen molar-refractivity contribution < 1.29 is 9.59 Å². The number of amides is 2. The van der Waals surface area contributed by atoms with Crippen molar-refractivity contribution in [2.24, 2.45) is 5.73 Å². The van der Waals surface area contributed by atoms with Gasteiger partial charge in [0.1, 0.15) is 12.2 Å². The lowest BCUT2D eigenvalue weighted by atomic mass is 10.4. The zero-order chi connectivity index (χ0) is 13.1. The summed E-state index contributed by atoms with van der Waals surface area (Å²) in [7, 11) is 0. The molecule has 0 saturated carbocycles. The molecule has 4 N–H and O–H groups in total. The van der Waals surface area contributed by atoms with Crippen LogP contribution in [-0.2, 0) is 11.3 Å². The average Bonchev–Trinajstić information content (AvgIpc) is 2.87. The highest BCUT2D eigenvalue weighted by molar-refractivity contribution is 9.10. The lowest BCUT2D eigenvalue weighted by Gasteiger charge is -1.99. The summed E-state index contributed by atoms with van der Waals surface area (Å²) in [5.41, 5.74) is 5.94. The summed E-state index contributed by atoms with van der Waals surface area (Å²) in [6, 6.07) is 1.66. The van der Waals surface area contributed by atoms with Crippen molar-refractivity contribution in [1.82, 2.24) is 14.8 Å². The van der Waals surface area contributed by atoms with Gasteiger partial charge in [-0.1, -0.05) is 0 Å². The number of primary amides is 1. The van der Waals surface area contributed by atoms with Crippen LogP contribution in [0, 0.1) is 0 Å². The first-order valence-corrected chi connectivity index (χ1v) is 5.80. The number of carbonyl (C=O) groups is 2. The Morgan fingerprint density at radius 3 is 2.94 bits per heavy atom. The monoisotopic (exact) mass is 311 g/mol. The van der Waals surface area contributed by atoms with Gasteiger partial charge >= 0.3 is 0 Å². The molecule has 0 aliphatic rings. The molecule has 2 rings (SSSR count). The van der Waals surface area contributed by atoms with E-state index in [2.05, 4.69) is 31.3 Å².